The van der Waals surface area contributed by atoms with E-state index in [0.717, 1.165) is 10.9 Å². The number of phenolic OH excluding ortho intramolecular Hbond substituents is 1. The normalized spacial score (nSPS) is 18.9. The second-order valence-corrected chi connectivity index (χ2v) is 9.39. The van der Waals surface area contributed by atoms with E-state index in [2.05, 4.69) is 0 Å². The summed E-state index contributed by atoms with van der Waals surface area (Å²) in [6, 6.07) is 6.97. The van der Waals surface area contributed by atoms with E-state index >= 15 is 0 Å². The third kappa shape index (κ3) is 3.61. The monoisotopic (exact) mass is 459 g/mol. The molecule has 2 aromatic heterocycles. The Hall–Kier alpha value is -2.23. The van der Waals surface area contributed by atoms with E-state index in [4.69, 9.17) is 15.5 Å². The molecule has 1 atom stereocenters. The van der Waals surface area contributed by atoms with Gasteiger partial charge in [0, 0.05) is 27.6 Å². The van der Waals surface area contributed by atoms with E-state index in [9.17, 15) is 19.8 Å². The molecule has 0 amide bonds. The van der Waals surface area contributed by atoms with E-state index in [1.807, 2.05) is 19.9 Å². The fraction of sp³-hybridized carbons (Fsp3) is 0.375. The number of rotatable bonds is 3. The molecule has 2 aliphatic rings. The Morgan fingerprint density at radius 2 is 2.00 bits per heavy atom. The maximum atomic E-state index is 13.3. The van der Waals surface area contributed by atoms with Crippen LogP contribution in [0.2, 0.25) is 0 Å². The van der Waals surface area contributed by atoms with Crippen molar-refractivity contribution >= 4 is 46.4 Å². The van der Waals surface area contributed by atoms with Crippen molar-refractivity contribution in [3.8, 4) is 17.1 Å². The van der Waals surface area contributed by atoms with Gasteiger partial charge in [0.15, 0.2) is 5.60 Å². The molecule has 33 heavy (non-hydrogen) atoms. The van der Waals surface area contributed by atoms with Crippen molar-refractivity contribution in [3.63, 3.8) is 0 Å². The second-order valence-electron chi connectivity index (χ2n) is 9.39. The maximum absolute atomic E-state index is 13.3. The number of nitrogens with zero attached hydrogens (tertiary/aromatic N) is 2. The van der Waals surface area contributed by atoms with Gasteiger partial charge in [0.1, 0.15) is 12.4 Å². The van der Waals surface area contributed by atoms with Gasteiger partial charge in [-0.15, -0.1) is 0 Å². The molecule has 0 bridgehead atoms. The Balaban J connectivity index is 0.00000259. The predicted molar refractivity (Wildman–Crippen MR) is 125 cm³/mol. The topological polar surface area (TPSA) is 128 Å². The predicted octanol–water partition coefficient (Wildman–Crippen LogP) is 1.42. The van der Waals surface area contributed by atoms with Crippen LogP contribution in [-0.4, -0.2) is 60.8 Å². The number of hydrogen-bond acceptors (Lipinski definition) is 7. The molecule has 0 saturated carbocycles. The van der Waals surface area contributed by atoms with E-state index in [1.54, 1.807) is 29.7 Å². The van der Waals surface area contributed by atoms with Gasteiger partial charge < -0.3 is 25.3 Å². The third-order valence-electron chi connectivity index (χ3n) is 6.41. The fourth-order valence-electron chi connectivity index (χ4n) is 4.74. The number of hydrogen-bond donors (Lipinski definition) is 3. The Morgan fingerprint density at radius 1 is 1.27 bits per heavy atom. The van der Waals surface area contributed by atoms with Crippen molar-refractivity contribution in [2.75, 3.05) is 0 Å². The van der Waals surface area contributed by atoms with Crippen molar-refractivity contribution in [3.05, 3.63) is 56.9 Å². The first-order chi connectivity index (χ1) is 15.0. The van der Waals surface area contributed by atoms with Crippen molar-refractivity contribution in [2.24, 2.45) is 5.73 Å². The molecule has 5 rings (SSSR count). The standard InChI is InChI=1S/C24H25N3O5.Na.H/c1-4-24(31)16-8-18-20-12(10-27(18)21(29)15(16)11-32-22(24)30)7-13-14(9-23(2,3)25)19(28)6-5-17(13)26-20;;/h5-8,28,31H,4,9-11,25H2,1-3H3;;. The number of carbonyl (C=O) groups is 1. The van der Waals surface area contributed by atoms with Crippen LogP contribution < -0.4 is 11.3 Å². The van der Waals surface area contributed by atoms with Gasteiger partial charge in [-0.05, 0) is 51.0 Å². The average molecular weight is 459 g/mol. The summed E-state index contributed by atoms with van der Waals surface area (Å²) in [5.74, 6) is -0.587. The van der Waals surface area contributed by atoms with Gasteiger partial charge in [-0.1, -0.05) is 6.92 Å². The summed E-state index contributed by atoms with van der Waals surface area (Å²) in [6.45, 7) is 5.60. The number of esters is 1. The fourth-order valence-corrected chi connectivity index (χ4v) is 4.74. The average Bonchev–Trinajstić information content (AvgIpc) is 3.09. The summed E-state index contributed by atoms with van der Waals surface area (Å²) in [6.07, 6.45) is 0.554. The van der Waals surface area contributed by atoms with Crippen molar-refractivity contribution < 1.29 is 19.7 Å². The van der Waals surface area contributed by atoms with Crippen LogP contribution in [0.5, 0.6) is 5.75 Å². The molecule has 168 valence electrons. The number of pyridine rings is 2. The summed E-state index contributed by atoms with van der Waals surface area (Å²) in [5, 5.41) is 22.2. The molecule has 2 aliphatic heterocycles. The van der Waals surface area contributed by atoms with E-state index in [1.165, 1.54) is 0 Å². The van der Waals surface area contributed by atoms with Crippen LogP contribution in [0.15, 0.2) is 29.1 Å². The minimum atomic E-state index is -1.85. The molecule has 8 nitrogen and oxygen atoms in total. The van der Waals surface area contributed by atoms with Gasteiger partial charge >= 0.3 is 35.5 Å². The van der Waals surface area contributed by atoms with Gasteiger partial charge in [0.25, 0.3) is 5.56 Å². The van der Waals surface area contributed by atoms with Gasteiger partial charge in [-0.25, -0.2) is 9.78 Å². The van der Waals surface area contributed by atoms with Crippen LogP contribution in [-0.2, 0) is 34.7 Å². The summed E-state index contributed by atoms with van der Waals surface area (Å²) < 4.78 is 6.70. The number of aromatic hydroxyl groups is 1. The zero-order valence-electron chi connectivity index (χ0n) is 18.2. The Morgan fingerprint density at radius 3 is 2.67 bits per heavy atom. The molecule has 4 heterocycles. The Kier molecular flexibility index (Phi) is 5.74. The number of ether oxygens (including phenoxy) is 1. The zero-order valence-corrected chi connectivity index (χ0v) is 18.2. The Bertz CT molecular complexity index is 1380. The Labute approximate surface area is 212 Å². The molecule has 0 spiro atoms. The SMILES string of the molecule is CCC1(O)C(=O)OCc2c1cc1n(c2=O)Cc2cc3c(CC(C)(C)N)c(O)ccc3nc2-1.[NaH]. The van der Waals surface area contributed by atoms with Crippen LogP contribution in [0, 0.1) is 0 Å². The van der Waals surface area contributed by atoms with Crippen LogP contribution >= 0.6 is 0 Å². The van der Waals surface area contributed by atoms with Crippen LogP contribution in [0.25, 0.3) is 22.3 Å². The number of phenols is 1. The van der Waals surface area contributed by atoms with E-state index in [0.29, 0.717) is 46.6 Å². The molecule has 0 fully saturated rings. The number of nitrogens with two attached hydrogens (primary N) is 1. The molecule has 9 heteroatoms. The summed E-state index contributed by atoms with van der Waals surface area (Å²) in [5.41, 5.74) is 7.50. The molecule has 1 aromatic carbocycles. The molecule has 1 unspecified atom stereocenters. The van der Waals surface area contributed by atoms with Crippen LogP contribution in [0.4, 0.5) is 0 Å². The molecule has 0 saturated heterocycles. The second kappa shape index (κ2) is 7.92. The zero-order chi connectivity index (χ0) is 23.0. The first kappa shape index (κ1) is 23.9. The number of aliphatic hydroxyl groups is 1. The van der Waals surface area contributed by atoms with Crippen LogP contribution in [0.3, 0.4) is 0 Å². The van der Waals surface area contributed by atoms with Crippen molar-refractivity contribution in [2.45, 2.75) is 57.9 Å². The van der Waals surface area contributed by atoms with E-state index < -0.39 is 17.1 Å². The van der Waals surface area contributed by atoms with Crippen molar-refractivity contribution in [1.29, 1.82) is 0 Å². The number of carbonyl (C=O) groups excluding carboxylic acids is 1. The number of benzene rings is 1. The summed E-state index contributed by atoms with van der Waals surface area (Å²) in [7, 11) is 0. The van der Waals surface area contributed by atoms with Crippen molar-refractivity contribution in [1.82, 2.24) is 9.55 Å². The third-order valence-corrected chi connectivity index (χ3v) is 6.41. The molecular weight excluding hydrogens is 433 g/mol. The van der Waals surface area contributed by atoms with Crippen LogP contribution in [0.1, 0.15) is 49.4 Å². The number of fused-ring (bicyclic) bond motifs is 5. The quantitative estimate of drug-likeness (QED) is 0.312. The molecule has 4 N–H and O–H groups in total. The first-order valence-electron chi connectivity index (χ1n) is 10.6. The molecule has 0 aliphatic carbocycles. The first-order valence-corrected chi connectivity index (χ1v) is 10.6. The molecular formula is C24H26N3NaO5. The number of aromatic nitrogens is 2. The molecule has 0 radical (unpaired) electrons. The van der Waals surface area contributed by atoms with Gasteiger partial charge in [-0.2, -0.15) is 0 Å². The van der Waals surface area contributed by atoms with Gasteiger partial charge in [0.2, 0.25) is 0 Å². The number of cyclic esters (lactones) is 1. The minimum absolute atomic E-state index is 0. The van der Waals surface area contributed by atoms with Gasteiger partial charge in [-0.3, -0.25) is 4.79 Å². The summed E-state index contributed by atoms with van der Waals surface area (Å²) in [4.78, 5) is 30.4. The summed E-state index contributed by atoms with van der Waals surface area (Å²) >= 11 is 0. The van der Waals surface area contributed by atoms with Gasteiger partial charge in [0.05, 0.1) is 29.0 Å². The van der Waals surface area contributed by atoms with E-state index in [-0.39, 0.29) is 53.9 Å². The molecule has 3 aromatic rings.